The highest BCUT2D eigenvalue weighted by atomic mass is 16.5. The van der Waals surface area contributed by atoms with Gasteiger partial charge in [-0.05, 0) is 67.6 Å². The fraction of sp³-hybridized carbons (Fsp3) is 0.381. The van der Waals surface area contributed by atoms with Gasteiger partial charge in [0.1, 0.15) is 11.5 Å². The molecule has 0 bridgehead atoms. The van der Waals surface area contributed by atoms with Crippen LogP contribution in [-0.4, -0.2) is 12.6 Å². The summed E-state index contributed by atoms with van der Waals surface area (Å²) in [6.45, 7) is 6.30. The molecule has 0 aliphatic heterocycles. The van der Waals surface area contributed by atoms with Gasteiger partial charge >= 0.3 is 5.97 Å². The molecule has 2 aromatic carbocycles. The van der Waals surface area contributed by atoms with E-state index in [-0.39, 0.29) is 12.0 Å². The van der Waals surface area contributed by atoms with Crippen LogP contribution in [0, 0.1) is 0 Å². The van der Waals surface area contributed by atoms with Crippen LogP contribution in [0.4, 0.5) is 0 Å². The van der Waals surface area contributed by atoms with E-state index in [9.17, 15) is 4.79 Å². The third-order valence-electron chi connectivity index (χ3n) is 4.08. The molecular formula is C21H27NO3. The summed E-state index contributed by atoms with van der Waals surface area (Å²) in [7, 11) is 0. The Labute approximate surface area is 150 Å². The first kappa shape index (κ1) is 19.0. The highest BCUT2D eigenvalue weighted by molar-refractivity contribution is 5.69. The van der Waals surface area contributed by atoms with Gasteiger partial charge in [-0.15, -0.1) is 0 Å². The maximum Gasteiger partial charge on any atom is 0.306 e. The summed E-state index contributed by atoms with van der Waals surface area (Å²) < 4.78 is 11.0. The Hall–Kier alpha value is -2.33. The molecule has 134 valence electrons. The monoisotopic (exact) mass is 341 g/mol. The van der Waals surface area contributed by atoms with E-state index in [1.54, 1.807) is 0 Å². The van der Waals surface area contributed by atoms with E-state index in [0.29, 0.717) is 19.4 Å². The summed E-state index contributed by atoms with van der Waals surface area (Å²) in [5.41, 5.74) is 9.31. The van der Waals surface area contributed by atoms with E-state index in [1.807, 2.05) is 56.3 Å². The number of hydrogen-bond acceptors (Lipinski definition) is 4. The average molecular weight is 341 g/mol. The third-order valence-corrected chi connectivity index (χ3v) is 4.08. The van der Waals surface area contributed by atoms with Crippen molar-refractivity contribution in [1.29, 1.82) is 0 Å². The molecule has 2 rings (SSSR count). The molecule has 0 saturated heterocycles. The molecule has 1 atom stereocenters. The highest BCUT2D eigenvalue weighted by Gasteiger charge is 2.09. The first-order chi connectivity index (χ1) is 12.0. The van der Waals surface area contributed by atoms with Crippen LogP contribution in [0.1, 0.15) is 49.9 Å². The van der Waals surface area contributed by atoms with Crippen LogP contribution >= 0.6 is 0 Å². The van der Waals surface area contributed by atoms with Crippen molar-refractivity contribution < 1.29 is 14.3 Å². The Balaban J connectivity index is 2.10. The number of nitrogens with two attached hydrogens (primary N) is 1. The fourth-order valence-electron chi connectivity index (χ4n) is 2.71. The minimum atomic E-state index is -0.155. The molecule has 0 spiro atoms. The quantitative estimate of drug-likeness (QED) is 0.715. The zero-order valence-electron chi connectivity index (χ0n) is 15.2. The Bertz CT molecular complexity index is 710. The van der Waals surface area contributed by atoms with Crippen LogP contribution in [0.2, 0.25) is 0 Å². The SMILES string of the molecule is CCOC(=O)CCc1ccc(Oc2cccc([C@@H](C)N)c2)cc1CC. The van der Waals surface area contributed by atoms with Crippen LogP contribution in [0.25, 0.3) is 0 Å². The van der Waals surface area contributed by atoms with Gasteiger partial charge in [-0.2, -0.15) is 0 Å². The summed E-state index contributed by atoms with van der Waals surface area (Å²) in [6, 6.07) is 13.8. The van der Waals surface area contributed by atoms with Crippen molar-refractivity contribution in [3.05, 3.63) is 59.2 Å². The number of hydrogen-bond donors (Lipinski definition) is 1. The first-order valence-corrected chi connectivity index (χ1v) is 8.84. The molecule has 0 fully saturated rings. The zero-order valence-corrected chi connectivity index (χ0v) is 15.2. The van der Waals surface area contributed by atoms with Crippen molar-refractivity contribution in [2.75, 3.05) is 6.61 Å². The minimum Gasteiger partial charge on any atom is -0.466 e. The second-order valence-corrected chi connectivity index (χ2v) is 6.05. The van der Waals surface area contributed by atoms with E-state index in [2.05, 4.69) is 6.92 Å². The molecule has 25 heavy (non-hydrogen) atoms. The Morgan fingerprint density at radius 3 is 2.52 bits per heavy atom. The lowest BCUT2D eigenvalue weighted by Crippen LogP contribution is -2.06. The van der Waals surface area contributed by atoms with Gasteiger partial charge < -0.3 is 15.2 Å². The molecule has 2 N–H and O–H groups in total. The smallest absolute Gasteiger partial charge is 0.306 e. The second-order valence-electron chi connectivity index (χ2n) is 6.05. The Morgan fingerprint density at radius 1 is 1.08 bits per heavy atom. The van der Waals surface area contributed by atoms with Gasteiger partial charge in [0, 0.05) is 12.5 Å². The fourth-order valence-corrected chi connectivity index (χ4v) is 2.71. The van der Waals surface area contributed by atoms with Crippen LogP contribution in [0.5, 0.6) is 11.5 Å². The number of rotatable bonds is 8. The Kier molecular flexibility index (Phi) is 7.02. The Morgan fingerprint density at radius 2 is 1.84 bits per heavy atom. The molecule has 0 amide bonds. The van der Waals surface area contributed by atoms with Gasteiger partial charge in [0.2, 0.25) is 0 Å². The van der Waals surface area contributed by atoms with E-state index in [4.69, 9.17) is 15.2 Å². The number of carbonyl (C=O) groups is 1. The van der Waals surface area contributed by atoms with Gasteiger partial charge in [-0.3, -0.25) is 4.79 Å². The van der Waals surface area contributed by atoms with Gasteiger partial charge in [0.25, 0.3) is 0 Å². The lowest BCUT2D eigenvalue weighted by Gasteiger charge is -2.13. The summed E-state index contributed by atoms with van der Waals surface area (Å²) in [5, 5.41) is 0. The first-order valence-electron chi connectivity index (χ1n) is 8.84. The number of benzene rings is 2. The molecule has 4 heteroatoms. The number of aryl methyl sites for hydroxylation is 2. The molecule has 4 nitrogen and oxygen atoms in total. The predicted octanol–water partition coefficient (Wildman–Crippen LogP) is 4.56. The van der Waals surface area contributed by atoms with E-state index < -0.39 is 0 Å². The van der Waals surface area contributed by atoms with Gasteiger partial charge in [0.05, 0.1) is 6.61 Å². The zero-order chi connectivity index (χ0) is 18.2. The van der Waals surface area contributed by atoms with Crippen molar-refractivity contribution in [2.45, 2.75) is 46.1 Å². The van der Waals surface area contributed by atoms with Crippen LogP contribution in [-0.2, 0) is 22.4 Å². The lowest BCUT2D eigenvalue weighted by molar-refractivity contribution is -0.143. The van der Waals surface area contributed by atoms with Crippen molar-refractivity contribution in [1.82, 2.24) is 0 Å². The van der Waals surface area contributed by atoms with Crippen molar-refractivity contribution in [3.63, 3.8) is 0 Å². The predicted molar refractivity (Wildman–Crippen MR) is 99.9 cm³/mol. The molecule has 0 radical (unpaired) electrons. The van der Waals surface area contributed by atoms with Crippen LogP contribution < -0.4 is 10.5 Å². The number of carbonyl (C=O) groups excluding carboxylic acids is 1. The standard InChI is InChI=1S/C21H27NO3/c1-4-16-13-20(11-9-17(16)10-12-21(23)24-5-2)25-19-8-6-7-18(14-19)15(3)22/h6-9,11,13-15H,4-5,10,12,22H2,1-3H3/t15-/m1/s1. The van der Waals surface area contributed by atoms with E-state index >= 15 is 0 Å². The van der Waals surface area contributed by atoms with Crippen molar-refractivity contribution >= 4 is 5.97 Å². The van der Waals surface area contributed by atoms with Crippen LogP contribution in [0.15, 0.2) is 42.5 Å². The largest absolute Gasteiger partial charge is 0.466 e. The summed E-state index contributed by atoms with van der Waals surface area (Å²) >= 11 is 0. The van der Waals surface area contributed by atoms with Crippen molar-refractivity contribution in [3.8, 4) is 11.5 Å². The topological polar surface area (TPSA) is 61.5 Å². The highest BCUT2D eigenvalue weighted by Crippen LogP contribution is 2.27. The summed E-state index contributed by atoms with van der Waals surface area (Å²) in [6.07, 6.45) is 1.97. The molecule has 2 aromatic rings. The van der Waals surface area contributed by atoms with Gasteiger partial charge in [-0.1, -0.05) is 25.1 Å². The minimum absolute atomic E-state index is 0.0278. The van der Waals surface area contributed by atoms with E-state index in [1.165, 1.54) is 5.56 Å². The normalized spacial score (nSPS) is 11.8. The maximum atomic E-state index is 11.6. The van der Waals surface area contributed by atoms with E-state index in [0.717, 1.165) is 29.0 Å². The van der Waals surface area contributed by atoms with Gasteiger partial charge in [0.15, 0.2) is 0 Å². The molecule has 0 aliphatic rings. The van der Waals surface area contributed by atoms with Crippen molar-refractivity contribution in [2.24, 2.45) is 5.73 Å². The molecule has 0 heterocycles. The molecule has 0 aliphatic carbocycles. The molecular weight excluding hydrogens is 314 g/mol. The van der Waals surface area contributed by atoms with Gasteiger partial charge in [-0.25, -0.2) is 0 Å². The van der Waals surface area contributed by atoms with Crippen LogP contribution in [0.3, 0.4) is 0 Å². The maximum absolute atomic E-state index is 11.6. The average Bonchev–Trinajstić information content (AvgIpc) is 2.61. The summed E-state index contributed by atoms with van der Waals surface area (Å²) in [4.78, 5) is 11.6. The lowest BCUT2D eigenvalue weighted by atomic mass is 10.0. The number of ether oxygens (including phenoxy) is 2. The molecule has 0 saturated carbocycles. The second kappa shape index (κ2) is 9.23. The molecule has 0 unspecified atom stereocenters. The molecule has 0 aromatic heterocycles. The third kappa shape index (κ3) is 5.61. The summed E-state index contributed by atoms with van der Waals surface area (Å²) in [5.74, 6) is 1.41. The number of esters is 1.